The van der Waals surface area contributed by atoms with E-state index in [1.165, 1.54) is 12.1 Å². The molecule has 0 radical (unpaired) electrons. The quantitative estimate of drug-likeness (QED) is 0.608. The summed E-state index contributed by atoms with van der Waals surface area (Å²) in [6.07, 6.45) is 4.12. The molecule has 2 aromatic rings. The van der Waals surface area contributed by atoms with E-state index in [1.807, 2.05) is 29.2 Å². The maximum Gasteiger partial charge on any atom is 0.254 e. The lowest BCUT2D eigenvalue weighted by atomic mass is 10.0. The second kappa shape index (κ2) is 10.4. The van der Waals surface area contributed by atoms with Crippen LogP contribution in [0.2, 0.25) is 5.02 Å². The lowest BCUT2D eigenvalue weighted by Crippen LogP contribution is -2.37. The molecule has 2 saturated heterocycles. The molecule has 2 aromatic carbocycles. The molecule has 2 unspecified atom stereocenters. The maximum atomic E-state index is 13.4. The first-order valence-corrected chi connectivity index (χ1v) is 13.1. The molecule has 4 rings (SSSR count). The van der Waals surface area contributed by atoms with Crippen LogP contribution < -0.4 is 9.46 Å². The molecule has 2 fully saturated rings. The van der Waals surface area contributed by atoms with Gasteiger partial charge in [-0.2, -0.15) is 0 Å². The topological polar surface area (TPSA) is 84.9 Å². The summed E-state index contributed by atoms with van der Waals surface area (Å²) in [5.74, 6) is 0.596. The summed E-state index contributed by atoms with van der Waals surface area (Å²) >= 11 is 6.22. The zero-order chi connectivity index (χ0) is 23.4. The van der Waals surface area contributed by atoms with Gasteiger partial charge in [0.25, 0.3) is 5.91 Å². The molecular weight excluding hydrogens is 464 g/mol. The van der Waals surface area contributed by atoms with Crippen LogP contribution in [0.5, 0.6) is 5.75 Å². The van der Waals surface area contributed by atoms with Gasteiger partial charge in [0, 0.05) is 31.3 Å². The smallest absolute Gasteiger partial charge is 0.254 e. The lowest BCUT2D eigenvalue weighted by Gasteiger charge is -2.25. The van der Waals surface area contributed by atoms with Gasteiger partial charge in [0.2, 0.25) is 10.0 Å². The average molecular weight is 493 g/mol. The number of nitrogens with zero attached hydrogens (tertiary/aromatic N) is 1. The normalized spacial score (nSPS) is 20.8. The van der Waals surface area contributed by atoms with Crippen molar-refractivity contribution >= 4 is 27.5 Å². The predicted molar refractivity (Wildman–Crippen MR) is 126 cm³/mol. The minimum absolute atomic E-state index is 0.0398. The number of hydrogen-bond donors (Lipinski definition) is 1. The summed E-state index contributed by atoms with van der Waals surface area (Å²) < 4.78 is 39.1. The second-order valence-corrected chi connectivity index (χ2v) is 10.6. The van der Waals surface area contributed by atoms with E-state index in [1.54, 1.807) is 13.2 Å². The number of benzene rings is 2. The van der Waals surface area contributed by atoms with Gasteiger partial charge < -0.3 is 14.4 Å². The van der Waals surface area contributed by atoms with E-state index >= 15 is 0 Å². The summed E-state index contributed by atoms with van der Waals surface area (Å²) in [6, 6.07) is 12.3. The lowest BCUT2D eigenvalue weighted by molar-refractivity contribution is 0.0736. The molecule has 0 aliphatic carbocycles. The number of halogens is 1. The Labute approximate surface area is 200 Å². The first-order valence-electron chi connectivity index (χ1n) is 11.2. The van der Waals surface area contributed by atoms with Crippen LogP contribution in [0.4, 0.5) is 0 Å². The van der Waals surface area contributed by atoms with Crippen molar-refractivity contribution in [1.82, 2.24) is 9.62 Å². The standard InChI is InChI=1S/C24H29ClN2O5S/c1-31-20-7-2-5-17(14-20)13-19-6-3-11-27(19)24(28)18-9-10-22(25)23(15-18)33(29,30)26-16-21-8-4-12-32-21/h2,5,7,9-10,14-15,19,21,26H,3-4,6,8,11-13,16H2,1H3. The van der Waals surface area contributed by atoms with Crippen LogP contribution in [0.1, 0.15) is 41.6 Å². The Morgan fingerprint density at radius 3 is 2.82 bits per heavy atom. The molecule has 0 bridgehead atoms. The molecule has 9 heteroatoms. The number of hydrogen-bond acceptors (Lipinski definition) is 5. The highest BCUT2D eigenvalue weighted by Gasteiger charge is 2.31. The molecule has 2 aliphatic rings. The van der Waals surface area contributed by atoms with Crippen molar-refractivity contribution in [1.29, 1.82) is 0 Å². The Balaban J connectivity index is 1.50. The van der Waals surface area contributed by atoms with Crippen LogP contribution >= 0.6 is 11.6 Å². The van der Waals surface area contributed by atoms with Crippen molar-refractivity contribution in [3.05, 3.63) is 58.6 Å². The van der Waals surface area contributed by atoms with E-state index in [0.29, 0.717) is 25.1 Å². The predicted octanol–water partition coefficient (Wildman–Crippen LogP) is 3.65. The van der Waals surface area contributed by atoms with Gasteiger partial charge in [0.15, 0.2) is 0 Å². The van der Waals surface area contributed by atoms with E-state index in [0.717, 1.165) is 37.0 Å². The highest BCUT2D eigenvalue weighted by molar-refractivity contribution is 7.89. The molecule has 1 N–H and O–H groups in total. The summed E-state index contributed by atoms with van der Waals surface area (Å²) in [5, 5.41) is 0.0840. The molecule has 0 saturated carbocycles. The third kappa shape index (κ3) is 5.69. The van der Waals surface area contributed by atoms with Gasteiger partial charge >= 0.3 is 0 Å². The number of likely N-dealkylation sites (tertiary alicyclic amines) is 1. The fraction of sp³-hybridized carbons (Fsp3) is 0.458. The molecule has 0 aromatic heterocycles. The molecule has 7 nitrogen and oxygen atoms in total. The first kappa shape index (κ1) is 24.0. The van der Waals surface area contributed by atoms with Crippen LogP contribution in [0.3, 0.4) is 0 Å². The zero-order valence-corrected chi connectivity index (χ0v) is 20.2. The summed E-state index contributed by atoms with van der Waals surface area (Å²) in [7, 11) is -2.24. The average Bonchev–Trinajstić information content (AvgIpc) is 3.50. The molecule has 2 aliphatic heterocycles. The van der Waals surface area contributed by atoms with E-state index in [2.05, 4.69) is 4.72 Å². The van der Waals surface area contributed by atoms with Crippen molar-refractivity contribution in [2.24, 2.45) is 0 Å². The number of methoxy groups -OCH3 is 1. The molecule has 1 amide bonds. The van der Waals surface area contributed by atoms with Crippen LogP contribution in [0.25, 0.3) is 0 Å². The summed E-state index contributed by atoms with van der Waals surface area (Å²) in [4.78, 5) is 15.1. The SMILES string of the molecule is COc1cccc(CC2CCCN2C(=O)c2ccc(Cl)c(S(=O)(=O)NCC3CCCO3)c2)c1. The molecule has 2 heterocycles. The highest BCUT2D eigenvalue weighted by Crippen LogP contribution is 2.28. The molecule has 0 spiro atoms. The number of nitrogens with one attached hydrogen (secondary N) is 1. The first-order chi connectivity index (χ1) is 15.9. The van der Waals surface area contributed by atoms with Gasteiger partial charge in [-0.25, -0.2) is 13.1 Å². The van der Waals surface area contributed by atoms with Crippen molar-refractivity contribution < 1.29 is 22.7 Å². The summed E-state index contributed by atoms with van der Waals surface area (Å²) in [5.41, 5.74) is 1.41. The van der Waals surface area contributed by atoms with Crippen LogP contribution in [0, 0.1) is 0 Å². The fourth-order valence-electron chi connectivity index (χ4n) is 4.48. The van der Waals surface area contributed by atoms with E-state index in [9.17, 15) is 13.2 Å². The molecule has 178 valence electrons. The zero-order valence-electron chi connectivity index (χ0n) is 18.6. The largest absolute Gasteiger partial charge is 0.497 e. The Morgan fingerprint density at radius 1 is 1.21 bits per heavy atom. The van der Waals surface area contributed by atoms with Crippen molar-refractivity contribution in [3.8, 4) is 5.75 Å². The van der Waals surface area contributed by atoms with Gasteiger partial charge in [-0.05, 0) is 68.0 Å². The fourth-order valence-corrected chi connectivity index (χ4v) is 6.07. The Kier molecular flexibility index (Phi) is 7.58. The number of carbonyl (C=O) groups is 1. The van der Waals surface area contributed by atoms with Gasteiger partial charge in [-0.15, -0.1) is 0 Å². The summed E-state index contributed by atoms with van der Waals surface area (Å²) in [6.45, 7) is 1.46. The number of ether oxygens (including phenoxy) is 2. The van der Waals surface area contributed by atoms with Crippen molar-refractivity contribution in [2.75, 3.05) is 26.8 Å². The van der Waals surface area contributed by atoms with E-state index < -0.39 is 10.0 Å². The van der Waals surface area contributed by atoms with Gasteiger partial charge in [0.05, 0.1) is 18.2 Å². The van der Waals surface area contributed by atoms with Gasteiger partial charge in [-0.3, -0.25) is 4.79 Å². The number of carbonyl (C=O) groups excluding carboxylic acids is 1. The van der Waals surface area contributed by atoms with Crippen molar-refractivity contribution in [2.45, 2.75) is 49.1 Å². The minimum atomic E-state index is -3.87. The number of amides is 1. The third-order valence-corrected chi connectivity index (χ3v) is 8.14. The Hall–Kier alpha value is -2.13. The number of rotatable bonds is 8. The third-order valence-electron chi connectivity index (χ3n) is 6.24. The Morgan fingerprint density at radius 2 is 2.06 bits per heavy atom. The second-order valence-electron chi connectivity index (χ2n) is 8.48. The van der Waals surface area contributed by atoms with Crippen LogP contribution in [-0.2, 0) is 21.2 Å². The highest BCUT2D eigenvalue weighted by atomic mass is 35.5. The van der Waals surface area contributed by atoms with Crippen LogP contribution in [0.15, 0.2) is 47.4 Å². The minimum Gasteiger partial charge on any atom is -0.497 e. The van der Waals surface area contributed by atoms with Gasteiger partial charge in [-0.1, -0.05) is 23.7 Å². The molecule has 2 atom stereocenters. The van der Waals surface area contributed by atoms with E-state index in [4.69, 9.17) is 21.1 Å². The molecule has 33 heavy (non-hydrogen) atoms. The Bertz CT molecular complexity index is 1100. The van der Waals surface area contributed by atoms with Gasteiger partial charge in [0.1, 0.15) is 10.6 Å². The molecular formula is C24H29ClN2O5S. The number of sulfonamides is 1. The monoisotopic (exact) mass is 492 g/mol. The van der Waals surface area contributed by atoms with Crippen molar-refractivity contribution in [3.63, 3.8) is 0 Å². The van der Waals surface area contributed by atoms with E-state index in [-0.39, 0.29) is 34.5 Å². The van der Waals surface area contributed by atoms with Crippen LogP contribution in [-0.4, -0.2) is 58.2 Å². The maximum absolute atomic E-state index is 13.4.